The standard InChI is InChI=1S/C18H24ClN3O2.ClH/c19-15-5-1-3-13(11-15)17(23)21-7-9-22(10-8-21)18(24)16-6-2-4-14(16)12-20;/h1,3,5,11,14,16H,2,4,6-10,12,20H2;1H/t14-,16-;/m1./s1. The molecule has 25 heavy (non-hydrogen) atoms. The van der Waals surface area contributed by atoms with Crippen LogP contribution in [0, 0.1) is 11.8 Å². The van der Waals surface area contributed by atoms with Crippen molar-refractivity contribution in [3.05, 3.63) is 34.9 Å². The van der Waals surface area contributed by atoms with Gasteiger partial charge in [0.25, 0.3) is 5.91 Å². The number of hydrogen-bond donors (Lipinski definition) is 1. The van der Waals surface area contributed by atoms with Gasteiger partial charge in [-0.1, -0.05) is 24.1 Å². The summed E-state index contributed by atoms with van der Waals surface area (Å²) in [6, 6.07) is 6.99. The van der Waals surface area contributed by atoms with Crippen molar-refractivity contribution in [3.63, 3.8) is 0 Å². The molecule has 2 atom stereocenters. The largest absolute Gasteiger partial charge is 0.339 e. The van der Waals surface area contributed by atoms with Gasteiger partial charge >= 0.3 is 0 Å². The molecule has 2 amide bonds. The zero-order chi connectivity index (χ0) is 17.1. The molecule has 1 heterocycles. The molecule has 1 aromatic rings. The van der Waals surface area contributed by atoms with Crippen molar-refractivity contribution < 1.29 is 9.59 Å². The molecule has 2 N–H and O–H groups in total. The smallest absolute Gasteiger partial charge is 0.254 e. The zero-order valence-corrected chi connectivity index (χ0v) is 15.8. The third-order valence-electron chi connectivity index (χ3n) is 5.23. The Balaban J connectivity index is 0.00000225. The number of piperazine rings is 1. The molecule has 1 saturated heterocycles. The van der Waals surface area contributed by atoms with E-state index in [9.17, 15) is 9.59 Å². The van der Waals surface area contributed by atoms with E-state index in [1.54, 1.807) is 29.2 Å². The summed E-state index contributed by atoms with van der Waals surface area (Å²) < 4.78 is 0. The van der Waals surface area contributed by atoms with Crippen molar-refractivity contribution in [1.82, 2.24) is 9.80 Å². The summed E-state index contributed by atoms with van der Waals surface area (Å²) in [5, 5.41) is 0.559. The van der Waals surface area contributed by atoms with Gasteiger partial charge in [0.1, 0.15) is 0 Å². The van der Waals surface area contributed by atoms with Gasteiger partial charge < -0.3 is 15.5 Å². The second kappa shape index (κ2) is 8.88. The number of nitrogens with zero attached hydrogens (tertiary/aromatic N) is 2. The molecule has 1 aliphatic carbocycles. The van der Waals surface area contributed by atoms with Crippen molar-refractivity contribution in [1.29, 1.82) is 0 Å². The van der Waals surface area contributed by atoms with Crippen molar-refractivity contribution in [2.24, 2.45) is 17.6 Å². The quantitative estimate of drug-likeness (QED) is 0.868. The molecule has 2 fully saturated rings. The fraction of sp³-hybridized carbons (Fsp3) is 0.556. The van der Waals surface area contributed by atoms with Gasteiger partial charge in [-0.25, -0.2) is 0 Å². The average Bonchev–Trinajstić information content (AvgIpc) is 3.09. The van der Waals surface area contributed by atoms with Crippen LogP contribution in [0.3, 0.4) is 0 Å². The van der Waals surface area contributed by atoms with Crippen LogP contribution in [0.4, 0.5) is 0 Å². The monoisotopic (exact) mass is 385 g/mol. The van der Waals surface area contributed by atoms with Crippen LogP contribution in [0.25, 0.3) is 0 Å². The number of hydrogen-bond acceptors (Lipinski definition) is 3. The number of carbonyl (C=O) groups is 2. The Bertz CT molecular complexity index is 618. The van der Waals surface area contributed by atoms with E-state index in [0.717, 1.165) is 19.3 Å². The van der Waals surface area contributed by atoms with E-state index in [2.05, 4.69) is 0 Å². The van der Waals surface area contributed by atoms with Crippen LogP contribution in [0.5, 0.6) is 0 Å². The first kappa shape index (κ1) is 20.0. The Morgan fingerprint density at radius 3 is 2.44 bits per heavy atom. The van der Waals surface area contributed by atoms with E-state index in [4.69, 9.17) is 17.3 Å². The molecule has 1 aromatic carbocycles. The minimum atomic E-state index is -0.0229. The highest BCUT2D eigenvalue weighted by Gasteiger charge is 2.36. The third-order valence-corrected chi connectivity index (χ3v) is 5.46. The maximum atomic E-state index is 12.7. The Labute approximate surface area is 159 Å². The minimum absolute atomic E-state index is 0. The number of rotatable bonds is 3. The van der Waals surface area contributed by atoms with Crippen LogP contribution >= 0.6 is 24.0 Å². The van der Waals surface area contributed by atoms with Crippen LogP contribution < -0.4 is 5.73 Å². The molecule has 0 unspecified atom stereocenters. The maximum absolute atomic E-state index is 12.7. The van der Waals surface area contributed by atoms with Gasteiger partial charge in [-0.05, 0) is 43.5 Å². The molecule has 0 bridgehead atoms. The molecule has 1 aliphatic heterocycles. The fourth-order valence-electron chi connectivity index (χ4n) is 3.81. The van der Waals surface area contributed by atoms with E-state index >= 15 is 0 Å². The van der Waals surface area contributed by atoms with Gasteiger partial charge in [-0.15, -0.1) is 12.4 Å². The van der Waals surface area contributed by atoms with E-state index in [1.165, 1.54) is 0 Å². The molecular formula is C18H25Cl2N3O2. The first-order chi connectivity index (χ1) is 11.6. The summed E-state index contributed by atoms with van der Waals surface area (Å²) in [7, 11) is 0. The molecule has 0 aromatic heterocycles. The third kappa shape index (κ3) is 4.46. The minimum Gasteiger partial charge on any atom is -0.339 e. The lowest BCUT2D eigenvalue weighted by atomic mass is 9.94. The molecule has 7 heteroatoms. The van der Waals surface area contributed by atoms with E-state index in [0.29, 0.717) is 49.2 Å². The molecule has 1 saturated carbocycles. The van der Waals surface area contributed by atoms with Crippen LogP contribution in [0.15, 0.2) is 24.3 Å². The number of benzene rings is 1. The maximum Gasteiger partial charge on any atom is 0.254 e. The lowest BCUT2D eigenvalue weighted by Gasteiger charge is -2.36. The first-order valence-electron chi connectivity index (χ1n) is 8.64. The summed E-state index contributed by atoms with van der Waals surface area (Å²) in [5.41, 5.74) is 6.39. The molecule has 3 rings (SSSR count). The van der Waals surface area contributed by atoms with Gasteiger partial charge in [0.2, 0.25) is 5.91 Å². The second-order valence-corrected chi connectivity index (χ2v) is 7.10. The topological polar surface area (TPSA) is 66.6 Å². The van der Waals surface area contributed by atoms with Gasteiger partial charge in [0.15, 0.2) is 0 Å². The molecule has 138 valence electrons. The van der Waals surface area contributed by atoms with Gasteiger partial charge in [-0.2, -0.15) is 0 Å². The average molecular weight is 386 g/mol. The highest BCUT2D eigenvalue weighted by atomic mass is 35.5. The predicted octanol–water partition coefficient (Wildman–Crippen LogP) is 2.42. The molecule has 0 radical (unpaired) electrons. The Hall–Kier alpha value is -1.30. The zero-order valence-electron chi connectivity index (χ0n) is 14.2. The summed E-state index contributed by atoms with van der Waals surface area (Å²) in [6.45, 7) is 2.91. The molecule has 5 nitrogen and oxygen atoms in total. The van der Waals surface area contributed by atoms with Crippen molar-refractivity contribution in [2.45, 2.75) is 19.3 Å². The first-order valence-corrected chi connectivity index (χ1v) is 9.01. The molecule has 0 spiro atoms. The Morgan fingerprint density at radius 1 is 1.12 bits per heavy atom. The van der Waals surface area contributed by atoms with Crippen LogP contribution in [-0.4, -0.2) is 54.3 Å². The van der Waals surface area contributed by atoms with E-state index in [1.807, 2.05) is 4.90 Å². The van der Waals surface area contributed by atoms with Crippen molar-refractivity contribution >= 4 is 35.8 Å². The highest BCUT2D eigenvalue weighted by Crippen LogP contribution is 2.32. The summed E-state index contributed by atoms with van der Waals surface area (Å²) in [4.78, 5) is 28.9. The second-order valence-electron chi connectivity index (χ2n) is 6.66. The van der Waals surface area contributed by atoms with Crippen LogP contribution in [-0.2, 0) is 4.79 Å². The number of nitrogens with two attached hydrogens (primary N) is 1. The Morgan fingerprint density at radius 2 is 1.80 bits per heavy atom. The van der Waals surface area contributed by atoms with Crippen LogP contribution in [0.1, 0.15) is 29.6 Å². The summed E-state index contributed by atoms with van der Waals surface area (Å²) in [5.74, 6) is 0.594. The van der Waals surface area contributed by atoms with Crippen molar-refractivity contribution in [3.8, 4) is 0 Å². The number of amides is 2. The lowest BCUT2D eigenvalue weighted by molar-refractivity contribution is -0.138. The van der Waals surface area contributed by atoms with Crippen LogP contribution in [0.2, 0.25) is 5.02 Å². The highest BCUT2D eigenvalue weighted by molar-refractivity contribution is 6.30. The normalized spacial score (nSPS) is 23.3. The SMILES string of the molecule is Cl.NC[C@H]1CCC[C@H]1C(=O)N1CCN(C(=O)c2cccc(Cl)c2)CC1. The van der Waals surface area contributed by atoms with E-state index < -0.39 is 0 Å². The molecular weight excluding hydrogens is 361 g/mol. The lowest BCUT2D eigenvalue weighted by Crippen LogP contribution is -2.52. The summed E-state index contributed by atoms with van der Waals surface area (Å²) in [6.07, 6.45) is 3.09. The molecule has 2 aliphatic rings. The van der Waals surface area contributed by atoms with Gasteiger partial charge in [0, 0.05) is 42.7 Å². The number of carbonyl (C=O) groups excluding carboxylic acids is 2. The fourth-order valence-corrected chi connectivity index (χ4v) is 4.00. The predicted molar refractivity (Wildman–Crippen MR) is 101 cm³/mol. The van der Waals surface area contributed by atoms with E-state index in [-0.39, 0.29) is 30.1 Å². The van der Waals surface area contributed by atoms with Crippen molar-refractivity contribution in [2.75, 3.05) is 32.7 Å². The van der Waals surface area contributed by atoms with Gasteiger partial charge in [0.05, 0.1) is 0 Å². The van der Waals surface area contributed by atoms with Gasteiger partial charge in [-0.3, -0.25) is 9.59 Å². The Kier molecular flexibility index (Phi) is 7.11. The summed E-state index contributed by atoms with van der Waals surface area (Å²) >= 11 is 5.96. The number of halogens is 2.